The summed E-state index contributed by atoms with van der Waals surface area (Å²) in [5, 5.41) is 12.4. The molecule has 2 unspecified atom stereocenters. The molecule has 0 aliphatic heterocycles. The maximum atomic E-state index is 8.88. The minimum Gasteiger partial charge on any atom is -0.396 e. The zero-order chi connectivity index (χ0) is 11.1. The lowest BCUT2D eigenvalue weighted by Gasteiger charge is -2.17. The number of thiazole rings is 1. The van der Waals surface area contributed by atoms with Crippen molar-refractivity contribution in [2.45, 2.75) is 32.7 Å². The Kier molecular flexibility index (Phi) is 5.83. The van der Waals surface area contributed by atoms with Crippen LogP contribution in [0.4, 0.5) is 0 Å². The summed E-state index contributed by atoms with van der Waals surface area (Å²) < 4.78 is 0. The predicted octanol–water partition coefficient (Wildman–Crippen LogP) is 2.20. The van der Waals surface area contributed by atoms with Gasteiger partial charge in [-0.3, -0.25) is 4.98 Å². The van der Waals surface area contributed by atoms with Crippen molar-refractivity contribution < 1.29 is 5.11 Å². The molecule has 0 radical (unpaired) electrons. The first-order chi connectivity index (χ1) is 7.27. The lowest BCUT2D eigenvalue weighted by molar-refractivity contribution is 0.249. The molecule has 2 N–H and O–H groups in total. The Balaban J connectivity index is 2.29. The molecule has 0 spiro atoms. The molecule has 86 valence electrons. The second-order valence-electron chi connectivity index (χ2n) is 3.82. The molecule has 0 saturated carbocycles. The van der Waals surface area contributed by atoms with Gasteiger partial charge < -0.3 is 10.4 Å². The smallest absolute Gasteiger partial charge is 0.0794 e. The number of aliphatic hydroxyl groups is 1. The summed E-state index contributed by atoms with van der Waals surface area (Å²) in [7, 11) is 0. The van der Waals surface area contributed by atoms with Crippen molar-refractivity contribution in [3.63, 3.8) is 0 Å². The van der Waals surface area contributed by atoms with Crippen LogP contribution in [-0.2, 0) is 0 Å². The monoisotopic (exact) mass is 228 g/mol. The Bertz CT molecular complexity index is 251. The summed E-state index contributed by atoms with van der Waals surface area (Å²) in [6.07, 6.45) is 3.91. The molecule has 0 fully saturated rings. The lowest BCUT2D eigenvalue weighted by atomic mass is 10.0. The van der Waals surface area contributed by atoms with Gasteiger partial charge in [-0.1, -0.05) is 13.3 Å². The molecule has 0 aromatic carbocycles. The zero-order valence-corrected chi connectivity index (χ0v) is 10.3. The number of rotatable bonds is 7. The summed E-state index contributed by atoms with van der Waals surface area (Å²) in [6, 6.07) is 0.366. The molecule has 1 heterocycles. The van der Waals surface area contributed by atoms with E-state index in [-0.39, 0.29) is 6.61 Å². The predicted molar refractivity (Wildman–Crippen MR) is 64.0 cm³/mol. The molecule has 1 rings (SSSR count). The number of aromatic nitrogens is 1. The van der Waals surface area contributed by atoms with Crippen molar-refractivity contribution in [1.29, 1.82) is 0 Å². The Morgan fingerprint density at radius 3 is 2.93 bits per heavy atom. The van der Waals surface area contributed by atoms with E-state index in [1.807, 2.05) is 11.7 Å². The molecule has 3 nitrogen and oxygen atoms in total. The van der Waals surface area contributed by atoms with Gasteiger partial charge in [-0.05, 0) is 25.8 Å². The highest BCUT2D eigenvalue weighted by molar-refractivity contribution is 7.09. The molecule has 0 amide bonds. The fraction of sp³-hybridized carbons (Fsp3) is 0.727. The lowest BCUT2D eigenvalue weighted by Crippen LogP contribution is -2.25. The first-order valence-corrected chi connectivity index (χ1v) is 6.38. The zero-order valence-electron chi connectivity index (χ0n) is 9.44. The van der Waals surface area contributed by atoms with Crippen molar-refractivity contribution in [1.82, 2.24) is 10.3 Å². The maximum absolute atomic E-state index is 8.88. The Morgan fingerprint density at radius 1 is 1.60 bits per heavy atom. The molecule has 1 aromatic rings. The van der Waals surface area contributed by atoms with Gasteiger partial charge in [-0.15, -0.1) is 11.3 Å². The summed E-state index contributed by atoms with van der Waals surface area (Å²) in [5.74, 6) is 0.574. The van der Waals surface area contributed by atoms with E-state index >= 15 is 0 Å². The van der Waals surface area contributed by atoms with Gasteiger partial charge >= 0.3 is 0 Å². The average molecular weight is 228 g/mol. The van der Waals surface area contributed by atoms with Gasteiger partial charge in [-0.2, -0.15) is 0 Å². The number of aliphatic hydroxyl groups excluding tert-OH is 1. The molecular weight excluding hydrogens is 208 g/mol. The second kappa shape index (κ2) is 6.93. The summed E-state index contributed by atoms with van der Waals surface area (Å²) in [4.78, 5) is 5.34. The van der Waals surface area contributed by atoms with E-state index < -0.39 is 0 Å². The Morgan fingerprint density at radius 2 is 2.40 bits per heavy atom. The standard InChI is InChI=1S/C11H20N2OS/c1-3-10(4-5-14)6-13-9(2)11-7-12-8-15-11/h7-10,13-14H,3-6H2,1-2H3. The van der Waals surface area contributed by atoms with Gasteiger partial charge in [0.1, 0.15) is 0 Å². The topological polar surface area (TPSA) is 45.1 Å². The third-order valence-electron chi connectivity index (χ3n) is 2.71. The summed E-state index contributed by atoms with van der Waals surface area (Å²) >= 11 is 1.68. The van der Waals surface area contributed by atoms with Gasteiger partial charge in [-0.25, -0.2) is 0 Å². The van der Waals surface area contributed by atoms with Crippen molar-refractivity contribution in [2.24, 2.45) is 5.92 Å². The van der Waals surface area contributed by atoms with E-state index in [1.165, 1.54) is 4.88 Å². The number of nitrogens with zero attached hydrogens (tertiary/aromatic N) is 1. The van der Waals surface area contributed by atoms with E-state index in [1.54, 1.807) is 11.3 Å². The van der Waals surface area contributed by atoms with E-state index in [0.717, 1.165) is 19.4 Å². The van der Waals surface area contributed by atoms with Crippen LogP contribution in [0.25, 0.3) is 0 Å². The Hall–Kier alpha value is -0.450. The molecular formula is C11H20N2OS. The van der Waals surface area contributed by atoms with Crippen molar-refractivity contribution in [2.75, 3.05) is 13.2 Å². The molecule has 0 bridgehead atoms. The molecule has 15 heavy (non-hydrogen) atoms. The number of hydrogen-bond donors (Lipinski definition) is 2. The molecule has 4 heteroatoms. The second-order valence-corrected chi connectivity index (χ2v) is 4.74. The minimum absolute atomic E-state index is 0.287. The van der Waals surface area contributed by atoms with E-state index in [2.05, 4.69) is 24.1 Å². The first-order valence-electron chi connectivity index (χ1n) is 5.50. The molecule has 0 aliphatic carbocycles. The first kappa shape index (κ1) is 12.6. The van der Waals surface area contributed by atoms with Gasteiger partial charge in [0.15, 0.2) is 0 Å². The fourth-order valence-corrected chi connectivity index (χ4v) is 2.17. The van der Waals surface area contributed by atoms with Crippen molar-refractivity contribution in [3.05, 3.63) is 16.6 Å². The van der Waals surface area contributed by atoms with Crippen molar-refractivity contribution in [3.8, 4) is 0 Å². The quantitative estimate of drug-likeness (QED) is 0.752. The van der Waals surface area contributed by atoms with Crippen LogP contribution in [0, 0.1) is 5.92 Å². The van der Waals surface area contributed by atoms with Crippen LogP contribution in [-0.4, -0.2) is 23.2 Å². The number of hydrogen-bond acceptors (Lipinski definition) is 4. The van der Waals surface area contributed by atoms with Crippen LogP contribution in [0.3, 0.4) is 0 Å². The molecule has 2 atom stereocenters. The van der Waals surface area contributed by atoms with E-state index in [0.29, 0.717) is 12.0 Å². The van der Waals surface area contributed by atoms with Gasteiger partial charge in [0.05, 0.1) is 5.51 Å². The van der Waals surface area contributed by atoms with Crippen LogP contribution >= 0.6 is 11.3 Å². The highest BCUT2D eigenvalue weighted by Gasteiger charge is 2.10. The maximum Gasteiger partial charge on any atom is 0.0794 e. The highest BCUT2D eigenvalue weighted by atomic mass is 32.1. The summed E-state index contributed by atoms with van der Waals surface area (Å²) in [5.41, 5.74) is 1.86. The van der Waals surface area contributed by atoms with Crippen LogP contribution < -0.4 is 5.32 Å². The van der Waals surface area contributed by atoms with Gasteiger partial charge in [0.25, 0.3) is 0 Å². The largest absolute Gasteiger partial charge is 0.396 e. The third kappa shape index (κ3) is 4.28. The normalized spacial score (nSPS) is 15.1. The van der Waals surface area contributed by atoms with Crippen molar-refractivity contribution >= 4 is 11.3 Å². The third-order valence-corrected chi connectivity index (χ3v) is 3.66. The molecule has 0 saturated heterocycles. The van der Waals surface area contributed by atoms with Crippen LogP contribution in [0.1, 0.15) is 37.6 Å². The highest BCUT2D eigenvalue weighted by Crippen LogP contribution is 2.17. The average Bonchev–Trinajstić information content (AvgIpc) is 2.77. The number of nitrogens with one attached hydrogen (secondary N) is 1. The van der Waals surface area contributed by atoms with Crippen LogP contribution in [0.5, 0.6) is 0 Å². The van der Waals surface area contributed by atoms with E-state index in [4.69, 9.17) is 5.11 Å². The SMILES string of the molecule is CCC(CCO)CNC(C)c1cncs1. The molecule has 1 aromatic heterocycles. The van der Waals surface area contributed by atoms with Crippen LogP contribution in [0.2, 0.25) is 0 Å². The minimum atomic E-state index is 0.287. The van der Waals surface area contributed by atoms with Gasteiger partial charge in [0, 0.05) is 23.7 Å². The summed E-state index contributed by atoms with van der Waals surface area (Å²) in [6.45, 7) is 5.57. The van der Waals surface area contributed by atoms with E-state index in [9.17, 15) is 0 Å². The molecule has 0 aliphatic rings. The Labute approximate surface area is 95.6 Å². The van der Waals surface area contributed by atoms with Gasteiger partial charge in [0.2, 0.25) is 0 Å². The van der Waals surface area contributed by atoms with Crippen LogP contribution in [0.15, 0.2) is 11.7 Å². The fourth-order valence-electron chi connectivity index (χ4n) is 1.52.